The van der Waals surface area contributed by atoms with Crippen LogP contribution >= 0.6 is 27.5 Å². The van der Waals surface area contributed by atoms with Crippen LogP contribution in [0.15, 0.2) is 47.2 Å². The number of anilines is 1. The summed E-state index contributed by atoms with van der Waals surface area (Å²) in [5.74, 6) is 0.781. The summed E-state index contributed by atoms with van der Waals surface area (Å²) >= 11 is 9.66. The van der Waals surface area contributed by atoms with Crippen LogP contribution in [0.25, 0.3) is 0 Å². The quantitative estimate of drug-likeness (QED) is 0.580. The van der Waals surface area contributed by atoms with Gasteiger partial charge in [0.25, 0.3) is 5.91 Å². The highest BCUT2D eigenvalue weighted by atomic mass is 79.9. The van der Waals surface area contributed by atoms with Crippen molar-refractivity contribution in [1.82, 2.24) is 19.8 Å². The predicted molar refractivity (Wildman–Crippen MR) is 125 cm³/mol. The van der Waals surface area contributed by atoms with E-state index in [0.29, 0.717) is 41.8 Å². The van der Waals surface area contributed by atoms with Crippen molar-refractivity contribution < 1.29 is 9.59 Å². The molecular weight excluding hydrogens is 482 g/mol. The zero-order valence-electron chi connectivity index (χ0n) is 17.5. The maximum atomic E-state index is 12.9. The van der Waals surface area contributed by atoms with Crippen molar-refractivity contribution in [3.63, 3.8) is 0 Å². The minimum absolute atomic E-state index is 0.0649. The van der Waals surface area contributed by atoms with Gasteiger partial charge in [-0.1, -0.05) is 17.7 Å². The second-order valence-electron chi connectivity index (χ2n) is 7.78. The van der Waals surface area contributed by atoms with E-state index in [1.54, 1.807) is 36.7 Å². The summed E-state index contributed by atoms with van der Waals surface area (Å²) in [6.07, 6.45) is 8.36. The Balaban J connectivity index is 1.57. The van der Waals surface area contributed by atoms with Crippen LogP contribution in [0.2, 0.25) is 5.02 Å². The number of aromatic nitrogens is 2. The molecule has 0 unspecified atom stereocenters. The average molecular weight is 507 g/mol. The molecule has 1 fully saturated rings. The van der Waals surface area contributed by atoms with Crippen molar-refractivity contribution in [3.05, 3.63) is 63.6 Å². The number of benzene rings is 1. The first-order chi connectivity index (χ1) is 14.8. The lowest BCUT2D eigenvalue weighted by molar-refractivity contribution is -0.111. The number of carbonyl (C=O) groups is 2. The van der Waals surface area contributed by atoms with E-state index < -0.39 is 0 Å². The van der Waals surface area contributed by atoms with Crippen molar-refractivity contribution in [3.8, 4) is 0 Å². The summed E-state index contributed by atoms with van der Waals surface area (Å²) in [5, 5.41) is 3.07. The van der Waals surface area contributed by atoms with Crippen LogP contribution in [-0.4, -0.2) is 65.3 Å². The lowest BCUT2D eigenvalue weighted by Crippen LogP contribution is -2.29. The van der Waals surface area contributed by atoms with Gasteiger partial charge in [0.1, 0.15) is 5.82 Å². The van der Waals surface area contributed by atoms with Crippen LogP contribution in [0.3, 0.4) is 0 Å². The number of carbonyl (C=O) groups excluding carboxylic acids is 2. The second kappa shape index (κ2) is 10.8. The van der Waals surface area contributed by atoms with Crippen molar-refractivity contribution in [2.24, 2.45) is 5.92 Å². The molecule has 1 aromatic heterocycles. The standard InChI is InChI=1S/C22H25BrClN5O2/c1-28(2)8-3-4-21(30)27-19-6-5-16(11-18(19)24)22(31)29-9-7-15(14-29)10-20-25-12-17(23)13-26-20/h3-6,11-13,15H,7-10,14H2,1-2H3,(H,27,30)/b4-3+/t15-/m0/s1. The summed E-state index contributed by atoms with van der Waals surface area (Å²) in [5.41, 5.74) is 0.982. The first-order valence-electron chi connectivity index (χ1n) is 9.99. The van der Waals surface area contributed by atoms with Crippen LogP contribution < -0.4 is 5.32 Å². The van der Waals surface area contributed by atoms with Gasteiger partial charge in [-0.3, -0.25) is 9.59 Å². The lowest BCUT2D eigenvalue weighted by atomic mass is 10.0. The molecule has 1 aliphatic heterocycles. The van der Waals surface area contributed by atoms with Gasteiger partial charge in [-0.05, 0) is 60.6 Å². The van der Waals surface area contributed by atoms with E-state index in [9.17, 15) is 9.59 Å². The maximum absolute atomic E-state index is 12.9. The highest BCUT2D eigenvalue weighted by Crippen LogP contribution is 2.26. The summed E-state index contributed by atoms with van der Waals surface area (Å²) < 4.78 is 0.848. The molecule has 1 aliphatic rings. The number of hydrogen-bond donors (Lipinski definition) is 1. The molecule has 2 heterocycles. The average Bonchev–Trinajstić information content (AvgIpc) is 3.19. The molecule has 0 bridgehead atoms. The molecule has 0 spiro atoms. The minimum Gasteiger partial charge on any atom is -0.338 e. The number of nitrogens with zero attached hydrogens (tertiary/aromatic N) is 4. The number of likely N-dealkylation sites (N-methyl/N-ethyl adjacent to an activating group) is 1. The minimum atomic E-state index is -0.264. The van der Waals surface area contributed by atoms with Crippen molar-refractivity contribution in [2.45, 2.75) is 12.8 Å². The SMILES string of the molecule is CN(C)C/C=C/C(=O)Nc1ccc(C(=O)N2CC[C@@H](Cc3ncc(Br)cn3)C2)cc1Cl. The van der Waals surface area contributed by atoms with Gasteiger partial charge in [0.05, 0.1) is 15.2 Å². The molecule has 7 nitrogen and oxygen atoms in total. The summed E-state index contributed by atoms with van der Waals surface area (Å²) in [4.78, 5) is 37.3. The van der Waals surface area contributed by atoms with Gasteiger partial charge < -0.3 is 15.1 Å². The maximum Gasteiger partial charge on any atom is 0.253 e. The number of amides is 2. The monoisotopic (exact) mass is 505 g/mol. The number of nitrogens with one attached hydrogen (secondary N) is 1. The number of likely N-dealkylation sites (tertiary alicyclic amines) is 1. The Morgan fingerprint density at radius 2 is 2.06 bits per heavy atom. The van der Waals surface area contributed by atoms with E-state index in [1.165, 1.54) is 6.08 Å². The van der Waals surface area contributed by atoms with Gasteiger partial charge in [0.15, 0.2) is 0 Å². The summed E-state index contributed by atoms with van der Waals surface area (Å²) in [6, 6.07) is 4.96. The third kappa shape index (κ3) is 6.85. The summed E-state index contributed by atoms with van der Waals surface area (Å²) in [7, 11) is 3.85. The molecular formula is C22H25BrClN5O2. The first-order valence-corrected chi connectivity index (χ1v) is 11.2. The fourth-order valence-electron chi connectivity index (χ4n) is 3.36. The van der Waals surface area contributed by atoms with Crippen LogP contribution in [-0.2, 0) is 11.2 Å². The third-order valence-corrected chi connectivity index (χ3v) is 5.65. The predicted octanol–water partition coefficient (Wildman–Crippen LogP) is 3.65. The molecule has 3 rings (SSSR count). The van der Waals surface area contributed by atoms with Gasteiger partial charge in [-0.25, -0.2) is 9.97 Å². The smallest absolute Gasteiger partial charge is 0.253 e. The highest BCUT2D eigenvalue weighted by molar-refractivity contribution is 9.10. The Morgan fingerprint density at radius 3 is 2.74 bits per heavy atom. The Labute approximate surface area is 195 Å². The van der Waals surface area contributed by atoms with Crippen molar-refractivity contribution in [2.75, 3.05) is 39.0 Å². The molecule has 2 amide bonds. The molecule has 1 aromatic carbocycles. The van der Waals surface area contributed by atoms with Gasteiger partial charge >= 0.3 is 0 Å². The van der Waals surface area contributed by atoms with Gasteiger partial charge in [-0.2, -0.15) is 0 Å². The number of hydrogen-bond acceptors (Lipinski definition) is 5. The fourth-order valence-corrected chi connectivity index (χ4v) is 3.80. The fraction of sp³-hybridized carbons (Fsp3) is 0.364. The molecule has 1 N–H and O–H groups in total. The van der Waals surface area contributed by atoms with E-state index in [-0.39, 0.29) is 11.8 Å². The van der Waals surface area contributed by atoms with E-state index in [2.05, 4.69) is 31.2 Å². The van der Waals surface area contributed by atoms with Crippen LogP contribution in [0.1, 0.15) is 22.6 Å². The molecule has 1 atom stereocenters. The highest BCUT2D eigenvalue weighted by Gasteiger charge is 2.28. The Kier molecular flexibility index (Phi) is 8.17. The largest absolute Gasteiger partial charge is 0.338 e. The van der Waals surface area contributed by atoms with E-state index in [0.717, 1.165) is 23.1 Å². The topological polar surface area (TPSA) is 78.4 Å². The molecule has 9 heteroatoms. The van der Waals surface area contributed by atoms with Gasteiger partial charge in [0.2, 0.25) is 5.91 Å². The Bertz CT molecular complexity index is 965. The lowest BCUT2D eigenvalue weighted by Gasteiger charge is -2.17. The molecule has 31 heavy (non-hydrogen) atoms. The number of halogens is 2. The summed E-state index contributed by atoms with van der Waals surface area (Å²) in [6.45, 7) is 2.01. The molecule has 0 saturated carbocycles. The van der Waals surface area contributed by atoms with E-state index in [1.807, 2.05) is 23.9 Å². The van der Waals surface area contributed by atoms with E-state index >= 15 is 0 Å². The van der Waals surface area contributed by atoms with Crippen molar-refractivity contribution in [1.29, 1.82) is 0 Å². The molecule has 0 aliphatic carbocycles. The second-order valence-corrected chi connectivity index (χ2v) is 9.10. The molecule has 1 saturated heterocycles. The normalized spacial score (nSPS) is 16.3. The zero-order valence-corrected chi connectivity index (χ0v) is 19.9. The molecule has 0 radical (unpaired) electrons. The molecule has 164 valence electrons. The molecule has 2 aromatic rings. The zero-order chi connectivity index (χ0) is 22.4. The third-order valence-electron chi connectivity index (χ3n) is 4.93. The van der Waals surface area contributed by atoms with Gasteiger partial charge in [-0.15, -0.1) is 0 Å². The van der Waals surface area contributed by atoms with Crippen LogP contribution in [0.4, 0.5) is 5.69 Å². The number of rotatable bonds is 7. The van der Waals surface area contributed by atoms with E-state index in [4.69, 9.17) is 11.6 Å². The van der Waals surface area contributed by atoms with Crippen LogP contribution in [0.5, 0.6) is 0 Å². The van der Waals surface area contributed by atoms with Crippen molar-refractivity contribution >= 4 is 45.0 Å². The Morgan fingerprint density at radius 1 is 1.32 bits per heavy atom. The van der Waals surface area contributed by atoms with Crippen LogP contribution in [0, 0.1) is 5.92 Å². The Hall–Kier alpha value is -2.29. The first kappa shape index (κ1) is 23.4. The van der Waals surface area contributed by atoms with Gasteiger partial charge in [0, 0.05) is 50.1 Å².